The Morgan fingerprint density at radius 3 is 2.72 bits per heavy atom. The van der Waals surface area contributed by atoms with Crippen molar-refractivity contribution in [1.29, 1.82) is 0 Å². The van der Waals surface area contributed by atoms with Gasteiger partial charge in [-0.1, -0.05) is 6.07 Å². The number of anilines is 1. The molecule has 3 atom stereocenters. The molecule has 3 aromatic rings. The molecular formula is C26H28FN8O+. The average molecular weight is 488 g/mol. The van der Waals surface area contributed by atoms with Gasteiger partial charge in [0.15, 0.2) is 18.9 Å². The lowest BCUT2D eigenvalue weighted by molar-refractivity contribution is -0.553. The van der Waals surface area contributed by atoms with E-state index in [1.807, 2.05) is 23.9 Å². The van der Waals surface area contributed by atoms with Crippen molar-refractivity contribution in [2.45, 2.75) is 38.8 Å². The maximum atomic E-state index is 15.2. The number of aryl methyl sites for hydroxylation is 2. The molecule has 9 nitrogen and oxygen atoms in total. The predicted molar refractivity (Wildman–Crippen MR) is 136 cm³/mol. The number of hydrogen-bond donors (Lipinski definition) is 3. The molecule has 1 fully saturated rings. The summed E-state index contributed by atoms with van der Waals surface area (Å²) in [6, 6.07) is 11.0. The molecule has 0 spiro atoms. The third-order valence-electron chi connectivity index (χ3n) is 6.96. The van der Waals surface area contributed by atoms with Crippen LogP contribution in [0.15, 0.2) is 52.7 Å². The zero-order valence-corrected chi connectivity index (χ0v) is 20.4. The van der Waals surface area contributed by atoms with Gasteiger partial charge in [0.25, 0.3) is 5.91 Å². The smallest absolute Gasteiger partial charge is 0.254 e. The molecule has 0 aliphatic carbocycles. The molecule has 3 N–H and O–H groups in total. The number of alkyl halides is 1. The van der Waals surface area contributed by atoms with Gasteiger partial charge < -0.3 is 15.5 Å². The number of rotatable bonds is 4. The Morgan fingerprint density at radius 2 is 1.92 bits per heavy atom. The zero-order chi connectivity index (χ0) is 25.0. The number of carbonyl (C=O) groups is 1. The first-order valence-electron chi connectivity index (χ1n) is 12.0. The molecular weight excluding hydrogens is 459 g/mol. The van der Waals surface area contributed by atoms with E-state index < -0.39 is 18.0 Å². The first-order chi connectivity index (χ1) is 17.3. The molecule has 10 heteroatoms. The summed E-state index contributed by atoms with van der Waals surface area (Å²) >= 11 is 0. The van der Waals surface area contributed by atoms with Crippen molar-refractivity contribution < 1.29 is 13.8 Å². The number of aromatic amines is 1. The number of nitrogens with one attached hydrogen (secondary N) is 3. The fourth-order valence-electron chi connectivity index (χ4n) is 5.31. The second-order valence-corrected chi connectivity index (χ2v) is 10.0. The Kier molecular flexibility index (Phi) is 5.13. The number of allylic oxidation sites excluding steroid dienone is 1. The van der Waals surface area contributed by atoms with Crippen molar-refractivity contribution in [3.05, 3.63) is 64.4 Å². The Hall–Kier alpha value is -4.08. The summed E-state index contributed by atoms with van der Waals surface area (Å²) in [5.41, 5.74) is 7.04. The van der Waals surface area contributed by atoms with E-state index >= 15 is 4.39 Å². The van der Waals surface area contributed by atoms with Gasteiger partial charge in [-0.3, -0.25) is 4.79 Å². The van der Waals surface area contributed by atoms with Gasteiger partial charge in [-0.15, -0.1) is 0 Å². The third-order valence-corrected chi connectivity index (χ3v) is 6.96. The van der Waals surface area contributed by atoms with Gasteiger partial charge in [0.05, 0.1) is 24.4 Å². The van der Waals surface area contributed by atoms with E-state index in [0.717, 1.165) is 17.0 Å². The van der Waals surface area contributed by atoms with Crippen LogP contribution in [0.5, 0.6) is 0 Å². The van der Waals surface area contributed by atoms with Gasteiger partial charge in [0.1, 0.15) is 11.0 Å². The molecule has 0 radical (unpaired) electrons. The lowest BCUT2D eigenvalue weighted by atomic mass is 10.1. The topological polar surface area (TPSA) is 101 Å². The van der Waals surface area contributed by atoms with Crippen LogP contribution in [0, 0.1) is 13.8 Å². The second-order valence-electron chi connectivity index (χ2n) is 10.0. The van der Waals surface area contributed by atoms with E-state index in [1.165, 1.54) is 11.1 Å². The predicted octanol–water partition coefficient (Wildman–Crippen LogP) is 2.55. The number of fused-ring (bicyclic) bond motifs is 1. The van der Waals surface area contributed by atoms with Crippen LogP contribution in [-0.2, 0) is 0 Å². The fourth-order valence-corrected chi connectivity index (χ4v) is 5.31. The summed E-state index contributed by atoms with van der Waals surface area (Å²) < 4.78 is 17.2. The Labute approximate surface area is 207 Å². The van der Waals surface area contributed by atoms with E-state index in [9.17, 15) is 4.79 Å². The van der Waals surface area contributed by atoms with Crippen LogP contribution >= 0.6 is 0 Å². The fraction of sp³-hybridized carbons (Fsp3) is 0.346. The van der Waals surface area contributed by atoms with Gasteiger partial charge in [-0.25, -0.2) is 14.0 Å². The normalized spacial score (nSPS) is 25.2. The second kappa shape index (κ2) is 8.25. The van der Waals surface area contributed by atoms with Gasteiger partial charge in [0.2, 0.25) is 11.8 Å². The van der Waals surface area contributed by atoms with Crippen molar-refractivity contribution in [2.75, 3.05) is 25.0 Å². The number of H-pyrrole nitrogens is 1. The SMILES string of the molecule is Cc1cc(C)cc(NC2(C)N=CC3=C(C[N+]([C@@H]4CN(C(=O)c5ccc6n[nH]nc6c5)C[C@@H]4F)=C3)N2)c1. The van der Waals surface area contributed by atoms with Crippen LogP contribution in [0.1, 0.15) is 28.4 Å². The third kappa shape index (κ3) is 4.02. The lowest BCUT2D eigenvalue weighted by Crippen LogP contribution is -2.50. The highest BCUT2D eigenvalue weighted by molar-refractivity contribution is 6.05. The van der Waals surface area contributed by atoms with E-state index in [4.69, 9.17) is 4.99 Å². The van der Waals surface area contributed by atoms with Crippen LogP contribution < -0.4 is 10.6 Å². The summed E-state index contributed by atoms with van der Waals surface area (Å²) in [4.78, 5) is 19.4. The molecule has 1 amide bonds. The molecule has 2 aromatic carbocycles. The number of aliphatic imine (C=N–C) groups is 1. The van der Waals surface area contributed by atoms with E-state index in [0.29, 0.717) is 29.7 Å². The van der Waals surface area contributed by atoms with Crippen molar-refractivity contribution in [3.63, 3.8) is 0 Å². The quantitative estimate of drug-likeness (QED) is 0.491. The van der Waals surface area contributed by atoms with Crippen LogP contribution in [0.3, 0.4) is 0 Å². The molecule has 184 valence electrons. The number of carbonyl (C=O) groups excluding carboxylic acids is 1. The van der Waals surface area contributed by atoms with Gasteiger partial charge in [-0.2, -0.15) is 15.4 Å². The summed E-state index contributed by atoms with van der Waals surface area (Å²) in [6.45, 7) is 7.01. The molecule has 3 aliphatic heterocycles. The van der Waals surface area contributed by atoms with Crippen LogP contribution in [0.2, 0.25) is 0 Å². The number of halogens is 1. The first-order valence-corrected chi connectivity index (χ1v) is 12.0. The molecule has 0 saturated carbocycles. The number of nitrogens with zero attached hydrogens (tertiary/aromatic N) is 5. The molecule has 4 heterocycles. The van der Waals surface area contributed by atoms with Crippen LogP contribution in [0.4, 0.5) is 10.1 Å². The maximum absolute atomic E-state index is 15.2. The van der Waals surface area contributed by atoms with Crippen molar-refractivity contribution in [1.82, 2.24) is 25.6 Å². The Morgan fingerprint density at radius 1 is 1.14 bits per heavy atom. The van der Waals surface area contributed by atoms with Crippen LogP contribution in [-0.4, -0.2) is 80.9 Å². The van der Waals surface area contributed by atoms with Gasteiger partial charge >= 0.3 is 0 Å². The highest BCUT2D eigenvalue weighted by Crippen LogP contribution is 2.26. The number of likely N-dealkylation sites (tertiary alicyclic amines) is 1. The summed E-state index contributed by atoms with van der Waals surface area (Å²) in [5.74, 6) is -0.915. The van der Waals surface area contributed by atoms with Crippen molar-refractivity contribution in [2.24, 2.45) is 4.99 Å². The molecule has 3 aliphatic rings. The van der Waals surface area contributed by atoms with E-state index in [2.05, 4.69) is 58.1 Å². The molecule has 6 rings (SSSR count). The summed E-state index contributed by atoms with van der Waals surface area (Å²) in [7, 11) is 0. The standard InChI is InChI=1S/C26H27FN8O/c1-15-6-16(2)8-19(7-15)29-26(3)28-10-18-11-34(13-23(18)30-26)24-14-35(12-20(24)27)25(36)17-4-5-21-22(9-17)32-33-31-21/h4-11,20,24,29H,12-14H2,1-3H3,(H,31,32,33,36)/p+1/t20-,24+,26?/m0/s1. The largest absolute Gasteiger partial charge is 0.345 e. The van der Waals surface area contributed by atoms with Crippen molar-refractivity contribution in [3.8, 4) is 0 Å². The van der Waals surface area contributed by atoms with Gasteiger partial charge in [0, 0.05) is 17.5 Å². The zero-order valence-electron chi connectivity index (χ0n) is 20.4. The van der Waals surface area contributed by atoms with E-state index in [-0.39, 0.29) is 12.5 Å². The Bertz CT molecular complexity index is 1450. The minimum Gasteiger partial charge on any atom is -0.345 e. The molecule has 1 saturated heterocycles. The van der Waals surface area contributed by atoms with Gasteiger partial charge in [-0.05, 0) is 62.2 Å². The Balaban J connectivity index is 1.13. The summed E-state index contributed by atoms with van der Waals surface area (Å²) in [6.07, 6.45) is 2.62. The minimum atomic E-state index is -1.15. The first kappa shape index (κ1) is 22.4. The van der Waals surface area contributed by atoms with Crippen molar-refractivity contribution >= 4 is 35.1 Å². The number of benzene rings is 2. The van der Waals surface area contributed by atoms with E-state index in [1.54, 1.807) is 23.1 Å². The summed E-state index contributed by atoms with van der Waals surface area (Å²) in [5, 5.41) is 17.6. The highest BCUT2D eigenvalue weighted by atomic mass is 19.1. The minimum absolute atomic E-state index is 0.0584. The van der Waals surface area contributed by atoms with Crippen LogP contribution in [0.25, 0.3) is 11.0 Å². The molecule has 36 heavy (non-hydrogen) atoms. The maximum Gasteiger partial charge on any atom is 0.254 e. The molecule has 1 unspecified atom stereocenters. The number of hydrogen-bond acceptors (Lipinski definition) is 6. The monoisotopic (exact) mass is 487 g/mol. The molecule has 1 aromatic heterocycles. The molecule has 0 bridgehead atoms. The number of aromatic nitrogens is 3. The average Bonchev–Trinajstić information content (AvgIpc) is 3.54. The highest BCUT2D eigenvalue weighted by Gasteiger charge is 2.45. The number of amides is 1. The lowest BCUT2D eigenvalue weighted by Gasteiger charge is -2.32.